The van der Waals surface area contributed by atoms with Crippen LogP contribution >= 0.6 is 0 Å². The van der Waals surface area contributed by atoms with Crippen LogP contribution in [0, 0.1) is 0 Å². The maximum atomic E-state index is 12.7. The molecule has 0 saturated carbocycles. The van der Waals surface area contributed by atoms with Crippen molar-refractivity contribution < 1.29 is 9.21 Å². The van der Waals surface area contributed by atoms with Gasteiger partial charge >= 0.3 is 5.63 Å². The van der Waals surface area contributed by atoms with E-state index in [-0.39, 0.29) is 5.78 Å². The van der Waals surface area contributed by atoms with Crippen molar-refractivity contribution in [3.05, 3.63) is 74.7 Å². The summed E-state index contributed by atoms with van der Waals surface area (Å²) in [7, 11) is 0. The summed E-state index contributed by atoms with van der Waals surface area (Å²) in [5.74, 6) is 0.166. The molecular formula is C23H30O3. The molecule has 0 amide bonds. The van der Waals surface area contributed by atoms with Gasteiger partial charge in [0.1, 0.15) is 0 Å². The van der Waals surface area contributed by atoms with Crippen LogP contribution in [0.25, 0.3) is 17.7 Å². The Hall–Kier alpha value is -2.68. The first-order chi connectivity index (χ1) is 12.6. The number of Topliss-reactive ketones (excluding diaryl/α,β-unsaturated/α-hetero) is 1. The largest absolute Gasteiger partial charge is 0.421 e. The van der Waals surface area contributed by atoms with Crippen LogP contribution in [-0.2, 0) is 0 Å². The number of allylic oxidation sites excluding steroid dienone is 7. The van der Waals surface area contributed by atoms with Crippen LogP contribution < -0.4 is 16.1 Å². The van der Waals surface area contributed by atoms with E-state index in [1.807, 2.05) is 47.6 Å². The number of carbonyl (C=O) groups excluding carboxylic acids is 1. The second kappa shape index (κ2) is 11.8. The molecule has 0 saturated heterocycles. The van der Waals surface area contributed by atoms with Gasteiger partial charge in [0.25, 0.3) is 0 Å². The van der Waals surface area contributed by atoms with Gasteiger partial charge < -0.3 is 4.42 Å². The average molecular weight is 354 g/mol. The minimum Gasteiger partial charge on any atom is -0.421 e. The van der Waals surface area contributed by atoms with Gasteiger partial charge in [-0.2, -0.15) is 0 Å². The first-order valence-corrected chi connectivity index (χ1v) is 9.11. The fourth-order valence-corrected chi connectivity index (χ4v) is 2.54. The van der Waals surface area contributed by atoms with Gasteiger partial charge in [-0.15, -0.1) is 0 Å². The zero-order valence-electron chi connectivity index (χ0n) is 17.0. The van der Waals surface area contributed by atoms with Gasteiger partial charge in [0.05, 0.1) is 10.8 Å². The molecule has 26 heavy (non-hydrogen) atoms. The van der Waals surface area contributed by atoms with Crippen LogP contribution in [0.5, 0.6) is 0 Å². The third kappa shape index (κ3) is 4.48. The summed E-state index contributed by atoms with van der Waals surface area (Å²) in [4.78, 5) is 25.0. The highest BCUT2D eigenvalue weighted by atomic mass is 16.4. The molecule has 3 nitrogen and oxygen atoms in total. The van der Waals surface area contributed by atoms with E-state index < -0.39 is 5.63 Å². The van der Waals surface area contributed by atoms with Gasteiger partial charge in [-0.1, -0.05) is 70.7 Å². The molecule has 0 aliphatic heterocycles. The molecule has 1 aliphatic rings. The molecule has 140 valence electrons. The van der Waals surface area contributed by atoms with Crippen molar-refractivity contribution in [2.75, 3.05) is 0 Å². The summed E-state index contributed by atoms with van der Waals surface area (Å²) in [5.41, 5.74) is 1.04. The summed E-state index contributed by atoms with van der Waals surface area (Å²) >= 11 is 0. The monoisotopic (exact) mass is 354 g/mol. The van der Waals surface area contributed by atoms with E-state index in [1.165, 1.54) is 0 Å². The molecule has 0 unspecified atom stereocenters. The van der Waals surface area contributed by atoms with E-state index in [9.17, 15) is 9.59 Å². The highest BCUT2D eigenvalue weighted by Crippen LogP contribution is 2.31. The number of hydrogen-bond donors (Lipinski definition) is 0. The molecular weight excluding hydrogens is 324 g/mol. The second-order valence-electron chi connectivity index (χ2n) is 4.76. The molecule has 1 aromatic heterocycles. The van der Waals surface area contributed by atoms with Crippen LogP contribution in [0.2, 0.25) is 0 Å². The van der Waals surface area contributed by atoms with E-state index in [2.05, 4.69) is 6.58 Å². The Labute approximate surface area is 156 Å². The van der Waals surface area contributed by atoms with Crippen LogP contribution in [0.15, 0.2) is 51.7 Å². The summed E-state index contributed by atoms with van der Waals surface area (Å²) < 4.78 is 5.42. The summed E-state index contributed by atoms with van der Waals surface area (Å²) in [5, 5.41) is 0.992. The quantitative estimate of drug-likeness (QED) is 0.799. The molecule has 0 aromatic carbocycles. The Bertz CT molecular complexity index is 904. The lowest BCUT2D eigenvalue weighted by Crippen LogP contribution is -2.41. The van der Waals surface area contributed by atoms with Gasteiger partial charge in [0, 0.05) is 11.1 Å². The minimum absolute atomic E-state index is 0.144. The van der Waals surface area contributed by atoms with Crippen molar-refractivity contribution in [3.63, 3.8) is 0 Å². The van der Waals surface area contributed by atoms with E-state index in [4.69, 9.17) is 4.42 Å². The number of ketones is 1. The summed E-state index contributed by atoms with van der Waals surface area (Å²) in [6.07, 6.45) is 12.0. The molecule has 1 aliphatic carbocycles. The molecule has 0 atom stereocenters. The van der Waals surface area contributed by atoms with Gasteiger partial charge in [-0.05, 0) is 32.1 Å². The number of hydrogen-bond acceptors (Lipinski definition) is 3. The van der Waals surface area contributed by atoms with E-state index >= 15 is 0 Å². The first-order valence-electron chi connectivity index (χ1n) is 9.11. The van der Waals surface area contributed by atoms with Crippen LogP contribution in [0.1, 0.15) is 64.6 Å². The minimum atomic E-state index is -0.459. The van der Waals surface area contributed by atoms with E-state index in [0.29, 0.717) is 32.9 Å². The highest BCUT2D eigenvalue weighted by Gasteiger charge is 2.30. The lowest BCUT2D eigenvalue weighted by molar-refractivity contribution is 0.103. The molecule has 1 heterocycles. The third-order valence-corrected chi connectivity index (χ3v) is 3.49. The van der Waals surface area contributed by atoms with Crippen molar-refractivity contribution in [2.24, 2.45) is 0 Å². The van der Waals surface area contributed by atoms with Crippen molar-refractivity contribution in [2.45, 2.75) is 48.5 Å². The lowest BCUT2D eigenvalue weighted by atomic mass is 10.1. The number of rotatable bonds is 3. The zero-order chi connectivity index (χ0) is 20.3. The van der Waals surface area contributed by atoms with E-state index in [0.717, 1.165) is 0 Å². The van der Waals surface area contributed by atoms with Crippen molar-refractivity contribution >= 4 is 23.5 Å². The standard InChI is InChI=1S/C19H18O3.2C2H6/c1-5-9-11-15-12(7-3)16-17(20)14(10-6-2)13(8-4)18(16)22-19(15)21;2*1-2/h5-11H,4H2,1-3H3;2*1-2H3/b9-5-,10-6-,12-7+,15-11+;;. The van der Waals surface area contributed by atoms with Crippen LogP contribution in [0.3, 0.4) is 0 Å². The predicted molar refractivity (Wildman–Crippen MR) is 113 cm³/mol. The number of fused-ring (bicyclic) bond motifs is 1. The topological polar surface area (TPSA) is 47.3 Å². The maximum absolute atomic E-state index is 12.7. The third-order valence-electron chi connectivity index (χ3n) is 3.49. The summed E-state index contributed by atoms with van der Waals surface area (Å²) in [6, 6.07) is 0. The summed E-state index contributed by atoms with van der Waals surface area (Å²) in [6.45, 7) is 17.2. The molecule has 0 N–H and O–H groups in total. The Morgan fingerprint density at radius 1 is 0.885 bits per heavy atom. The smallest absolute Gasteiger partial charge is 0.344 e. The molecule has 0 spiro atoms. The molecule has 1 aromatic rings. The predicted octanol–water partition coefficient (Wildman–Crippen LogP) is 4.56. The maximum Gasteiger partial charge on any atom is 0.344 e. The average Bonchev–Trinajstić information content (AvgIpc) is 2.94. The Morgan fingerprint density at radius 3 is 1.96 bits per heavy atom. The molecule has 0 radical (unpaired) electrons. The van der Waals surface area contributed by atoms with Crippen molar-refractivity contribution in [3.8, 4) is 0 Å². The lowest BCUT2D eigenvalue weighted by Gasteiger charge is -2.00. The Balaban J connectivity index is 0.00000146. The van der Waals surface area contributed by atoms with Crippen molar-refractivity contribution in [1.29, 1.82) is 0 Å². The fourth-order valence-electron chi connectivity index (χ4n) is 2.54. The normalized spacial score (nSPS) is 14.3. The van der Waals surface area contributed by atoms with Crippen molar-refractivity contribution in [1.82, 2.24) is 0 Å². The van der Waals surface area contributed by atoms with Gasteiger partial charge in [0.15, 0.2) is 11.5 Å². The van der Waals surface area contributed by atoms with Gasteiger partial charge in [-0.3, -0.25) is 4.79 Å². The van der Waals surface area contributed by atoms with Gasteiger partial charge in [0.2, 0.25) is 0 Å². The molecule has 3 heteroatoms. The Kier molecular flexibility index (Phi) is 10.6. The van der Waals surface area contributed by atoms with Crippen LogP contribution in [0.4, 0.5) is 0 Å². The number of carbonyl (C=O) groups is 1. The SMILES string of the molecule is C=CC1=C(/C=C\C)C(=O)c2c1oc(=O)c(=C/C=C\C)/c2=C\C.CC.CC. The Morgan fingerprint density at radius 2 is 1.50 bits per heavy atom. The van der Waals surface area contributed by atoms with Gasteiger partial charge in [-0.25, -0.2) is 4.79 Å². The zero-order valence-corrected chi connectivity index (χ0v) is 17.0. The second-order valence-corrected chi connectivity index (χ2v) is 4.76. The first kappa shape index (κ1) is 23.3. The fraction of sp³-hybridized carbons (Fsp3) is 0.304. The molecule has 0 fully saturated rings. The molecule has 0 bridgehead atoms. The molecule has 2 rings (SSSR count). The van der Waals surface area contributed by atoms with E-state index in [1.54, 1.807) is 43.4 Å². The van der Waals surface area contributed by atoms with Crippen LogP contribution in [-0.4, -0.2) is 5.78 Å². The highest BCUT2D eigenvalue weighted by molar-refractivity contribution is 6.22.